The van der Waals surface area contributed by atoms with Crippen molar-refractivity contribution in [2.24, 2.45) is 0 Å². The molecule has 0 saturated heterocycles. The minimum absolute atomic E-state index is 0.0191. The predicted octanol–water partition coefficient (Wildman–Crippen LogP) is 3.83. The molecule has 0 spiro atoms. The molecular weight excluding hydrogens is 424 g/mol. The first kappa shape index (κ1) is 19.7. The number of fused-ring (bicyclic) bond motifs is 1. The highest BCUT2D eigenvalue weighted by Gasteiger charge is 2.32. The van der Waals surface area contributed by atoms with Gasteiger partial charge >= 0.3 is 6.03 Å². The minimum Gasteiger partial charge on any atom is -0.507 e. The number of nitrogens with one attached hydrogen (secondary N) is 2. The van der Waals surface area contributed by atoms with Crippen molar-refractivity contribution < 1.29 is 24.2 Å². The summed E-state index contributed by atoms with van der Waals surface area (Å²) < 4.78 is 12.0. The molecule has 1 aromatic heterocycles. The first-order chi connectivity index (χ1) is 16.0. The van der Waals surface area contributed by atoms with Crippen molar-refractivity contribution >= 4 is 17.6 Å². The number of anilines is 1. The second-order valence-electron chi connectivity index (χ2n) is 8.62. The molecule has 9 nitrogen and oxygen atoms in total. The summed E-state index contributed by atoms with van der Waals surface area (Å²) in [5, 5.41) is 20.8. The van der Waals surface area contributed by atoms with E-state index in [1.807, 2.05) is 6.07 Å². The molecule has 2 aromatic carbocycles. The third kappa shape index (κ3) is 3.86. The third-order valence-corrected chi connectivity index (χ3v) is 5.99. The molecule has 2 amide bonds. The Hall–Kier alpha value is -4.01. The molecule has 3 N–H and O–H groups in total. The van der Waals surface area contributed by atoms with Crippen molar-refractivity contribution in [2.45, 2.75) is 37.6 Å². The molecule has 0 unspecified atom stereocenters. The standard InChI is InChI=1S/C24H22N4O5/c29-20-7-6-16(25-23(30)14-3-8-21-22(9-14)33-12-32-21)10-17(20)18-11-19(13-1-2-13)28(27-18)24(31)26-15-4-5-15/h3,6-11,13,15,29H,1-2,4-5,12H2,(H,25,30)(H,26,31). The summed E-state index contributed by atoms with van der Waals surface area (Å²) in [6.45, 7) is 0.135. The molecule has 2 heterocycles. The van der Waals surface area contributed by atoms with E-state index >= 15 is 0 Å². The number of aromatic hydroxyl groups is 1. The molecule has 33 heavy (non-hydrogen) atoms. The largest absolute Gasteiger partial charge is 0.507 e. The Balaban J connectivity index is 1.27. The van der Waals surface area contributed by atoms with Crippen LogP contribution in [0.25, 0.3) is 11.3 Å². The Morgan fingerprint density at radius 2 is 1.82 bits per heavy atom. The molecular formula is C24H22N4O5. The Morgan fingerprint density at radius 3 is 2.61 bits per heavy atom. The van der Waals surface area contributed by atoms with Gasteiger partial charge < -0.3 is 25.2 Å². The van der Waals surface area contributed by atoms with E-state index in [0.717, 1.165) is 31.4 Å². The molecule has 168 valence electrons. The van der Waals surface area contributed by atoms with Crippen LogP contribution in [0, 0.1) is 0 Å². The molecule has 9 heteroatoms. The fourth-order valence-electron chi connectivity index (χ4n) is 3.88. The van der Waals surface area contributed by atoms with Gasteiger partial charge in [0.15, 0.2) is 11.5 Å². The van der Waals surface area contributed by atoms with Gasteiger partial charge in [-0.2, -0.15) is 9.78 Å². The maximum atomic E-state index is 12.8. The van der Waals surface area contributed by atoms with Gasteiger partial charge in [-0.25, -0.2) is 4.79 Å². The molecule has 0 bridgehead atoms. The Bertz CT molecular complexity index is 1280. The topological polar surface area (TPSA) is 115 Å². The SMILES string of the molecule is O=C(Nc1ccc(O)c(-c2cc(C3CC3)n(C(=O)NC3CC3)n2)c1)c1ccc2c(c1)OCO2. The molecule has 2 aliphatic carbocycles. The number of hydrogen-bond acceptors (Lipinski definition) is 6. The number of hydrogen-bond donors (Lipinski definition) is 3. The van der Waals surface area contributed by atoms with E-state index in [0.29, 0.717) is 39.9 Å². The fraction of sp³-hybridized carbons (Fsp3) is 0.292. The second-order valence-corrected chi connectivity index (χ2v) is 8.62. The number of carbonyl (C=O) groups excluding carboxylic acids is 2. The molecule has 1 aliphatic heterocycles. The van der Waals surface area contributed by atoms with Crippen molar-refractivity contribution in [2.75, 3.05) is 12.1 Å². The lowest BCUT2D eigenvalue weighted by molar-refractivity contribution is 0.102. The van der Waals surface area contributed by atoms with Crippen LogP contribution in [0.3, 0.4) is 0 Å². The lowest BCUT2D eigenvalue weighted by Crippen LogP contribution is -2.32. The zero-order valence-electron chi connectivity index (χ0n) is 17.7. The van der Waals surface area contributed by atoms with Gasteiger partial charge in [0.2, 0.25) is 6.79 Å². The van der Waals surface area contributed by atoms with Gasteiger partial charge in [0, 0.05) is 28.8 Å². The number of aromatic nitrogens is 2. The van der Waals surface area contributed by atoms with E-state index in [-0.39, 0.29) is 30.5 Å². The average molecular weight is 446 g/mol. The monoisotopic (exact) mass is 446 g/mol. The van der Waals surface area contributed by atoms with Crippen molar-refractivity contribution in [1.29, 1.82) is 0 Å². The van der Waals surface area contributed by atoms with E-state index in [2.05, 4.69) is 15.7 Å². The van der Waals surface area contributed by atoms with Crippen LogP contribution in [0.4, 0.5) is 10.5 Å². The second kappa shape index (κ2) is 7.54. The Morgan fingerprint density at radius 1 is 1.00 bits per heavy atom. The maximum absolute atomic E-state index is 12.8. The molecule has 2 saturated carbocycles. The Kier molecular flexibility index (Phi) is 4.49. The van der Waals surface area contributed by atoms with Gasteiger partial charge in [-0.15, -0.1) is 0 Å². The quantitative estimate of drug-likeness (QED) is 0.513. The summed E-state index contributed by atoms with van der Waals surface area (Å²) in [7, 11) is 0. The summed E-state index contributed by atoms with van der Waals surface area (Å²) in [4.78, 5) is 25.4. The van der Waals surface area contributed by atoms with Crippen molar-refractivity contribution in [3.8, 4) is 28.5 Å². The van der Waals surface area contributed by atoms with Gasteiger partial charge in [-0.05, 0) is 68.1 Å². The summed E-state index contributed by atoms with van der Waals surface area (Å²) >= 11 is 0. The lowest BCUT2D eigenvalue weighted by atomic mass is 10.1. The molecule has 3 aromatic rings. The highest BCUT2D eigenvalue weighted by atomic mass is 16.7. The fourth-order valence-corrected chi connectivity index (χ4v) is 3.88. The molecule has 0 radical (unpaired) electrons. The molecule has 6 rings (SSSR count). The highest BCUT2D eigenvalue weighted by Crippen LogP contribution is 2.42. The molecule has 0 atom stereocenters. The number of carbonyl (C=O) groups is 2. The number of rotatable bonds is 5. The van der Waals surface area contributed by atoms with E-state index in [4.69, 9.17) is 9.47 Å². The molecule has 2 fully saturated rings. The van der Waals surface area contributed by atoms with E-state index in [9.17, 15) is 14.7 Å². The van der Waals surface area contributed by atoms with E-state index in [1.54, 1.807) is 30.3 Å². The summed E-state index contributed by atoms with van der Waals surface area (Å²) in [5.41, 5.74) is 2.69. The average Bonchev–Trinajstić information content (AvgIpc) is 3.73. The van der Waals surface area contributed by atoms with Crippen LogP contribution in [0.5, 0.6) is 17.2 Å². The third-order valence-electron chi connectivity index (χ3n) is 5.99. The van der Waals surface area contributed by atoms with Crippen LogP contribution in [-0.2, 0) is 0 Å². The minimum atomic E-state index is -0.321. The van der Waals surface area contributed by atoms with Gasteiger partial charge in [-0.3, -0.25) is 4.79 Å². The van der Waals surface area contributed by atoms with Gasteiger partial charge in [-0.1, -0.05) is 0 Å². The number of benzene rings is 2. The highest BCUT2D eigenvalue weighted by molar-refractivity contribution is 6.05. The van der Waals surface area contributed by atoms with Crippen molar-refractivity contribution in [3.63, 3.8) is 0 Å². The number of ether oxygens (including phenoxy) is 2. The van der Waals surface area contributed by atoms with Crippen LogP contribution < -0.4 is 20.1 Å². The number of amides is 2. The van der Waals surface area contributed by atoms with Crippen molar-refractivity contribution in [1.82, 2.24) is 15.1 Å². The van der Waals surface area contributed by atoms with Crippen LogP contribution in [0.2, 0.25) is 0 Å². The van der Waals surface area contributed by atoms with Crippen molar-refractivity contribution in [3.05, 3.63) is 53.7 Å². The molecule has 3 aliphatic rings. The Labute approximate surface area is 189 Å². The smallest absolute Gasteiger partial charge is 0.342 e. The summed E-state index contributed by atoms with van der Waals surface area (Å²) in [6, 6.07) is 11.6. The van der Waals surface area contributed by atoms with Crippen LogP contribution in [0.15, 0.2) is 42.5 Å². The van der Waals surface area contributed by atoms with E-state index in [1.165, 1.54) is 10.7 Å². The van der Waals surface area contributed by atoms with Crippen LogP contribution in [0.1, 0.15) is 47.7 Å². The first-order valence-electron chi connectivity index (χ1n) is 11.0. The van der Waals surface area contributed by atoms with Gasteiger partial charge in [0.1, 0.15) is 5.75 Å². The summed E-state index contributed by atoms with van der Waals surface area (Å²) in [5.74, 6) is 1.12. The lowest BCUT2D eigenvalue weighted by Gasteiger charge is -2.09. The number of nitrogens with zero attached hydrogens (tertiary/aromatic N) is 2. The van der Waals surface area contributed by atoms with Crippen LogP contribution >= 0.6 is 0 Å². The van der Waals surface area contributed by atoms with E-state index < -0.39 is 0 Å². The maximum Gasteiger partial charge on any atom is 0.342 e. The number of phenols is 1. The zero-order valence-corrected chi connectivity index (χ0v) is 17.7. The predicted molar refractivity (Wildman–Crippen MR) is 119 cm³/mol. The summed E-state index contributed by atoms with van der Waals surface area (Å²) in [6.07, 6.45) is 4.01. The normalized spacial score (nSPS) is 16.5. The van der Waals surface area contributed by atoms with Crippen LogP contribution in [-0.4, -0.2) is 39.7 Å². The van der Waals surface area contributed by atoms with Gasteiger partial charge in [0.25, 0.3) is 5.91 Å². The first-order valence-corrected chi connectivity index (χ1v) is 11.0. The van der Waals surface area contributed by atoms with Gasteiger partial charge in [0.05, 0.1) is 11.4 Å². The zero-order chi connectivity index (χ0) is 22.5. The number of phenolic OH excluding ortho intramolecular Hbond substituents is 1.